The number of hydrogen-bond acceptors (Lipinski definition) is 1. The van der Waals surface area contributed by atoms with Gasteiger partial charge in [-0.1, -0.05) is 67.5 Å². The Hall–Kier alpha value is 0.690. The Bertz CT molecular complexity index is 193. The lowest BCUT2D eigenvalue weighted by Gasteiger charge is -2.33. The fourth-order valence-electron chi connectivity index (χ4n) is 2.91. The number of rotatable bonds is 5. The van der Waals surface area contributed by atoms with Gasteiger partial charge in [0.15, 0.2) is 0 Å². The van der Waals surface area contributed by atoms with E-state index >= 15 is 0 Å². The molecule has 1 nitrogen and oxygen atoms in total. The lowest BCUT2D eigenvalue weighted by molar-refractivity contribution is -0.0441. The van der Waals surface area contributed by atoms with Crippen LogP contribution in [-0.2, 0) is 4.74 Å². The van der Waals surface area contributed by atoms with Crippen molar-refractivity contribution in [2.45, 2.75) is 69.8 Å². The molecule has 16 heavy (non-hydrogen) atoms. The summed E-state index contributed by atoms with van der Waals surface area (Å²) in [6.45, 7) is 1.02. The van der Waals surface area contributed by atoms with Gasteiger partial charge in [-0.3, -0.25) is 0 Å². The third-order valence-corrected chi connectivity index (χ3v) is 5.81. The first kappa shape index (κ1) is 13.1. The zero-order valence-electron chi connectivity index (χ0n) is 10.3. The molecular formula is C14H25IO. The first-order chi connectivity index (χ1) is 7.85. The molecule has 0 aliphatic heterocycles. The van der Waals surface area contributed by atoms with Crippen molar-refractivity contribution in [3.63, 3.8) is 0 Å². The van der Waals surface area contributed by atoms with E-state index in [9.17, 15) is 0 Å². The lowest BCUT2D eigenvalue weighted by Crippen LogP contribution is -2.35. The topological polar surface area (TPSA) is 9.23 Å². The summed E-state index contributed by atoms with van der Waals surface area (Å²) in [6, 6.07) is 0. The number of ether oxygens (including phenoxy) is 1. The molecular weight excluding hydrogens is 311 g/mol. The number of alkyl halides is 1. The Morgan fingerprint density at radius 2 is 1.69 bits per heavy atom. The molecule has 2 aliphatic carbocycles. The third-order valence-electron chi connectivity index (χ3n) is 4.42. The minimum Gasteiger partial charge on any atom is -0.374 e. The van der Waals surface area contributed by atoms with Crippen molar-refractivity contribution >= 4 is 22.6 Å². The van der Waals surface area contributed by atoms with Gasteiger partial charge < -0.3 is 4.74 Å². The third kappa shape index (κ3) is 3.59. The molecule has 2 fully saturated rings. The van der Waals surface area contributed by atoms with E-state index in [1.54, 1.807) is 0 Å². The summed E-state index contributed by atoms with van der Waals surface area (Å²) in [5.41, 5.74) is 0.251. The minimum atomic E-state index is 0.251. The summed E-state index contributed by atoms with van der Waals surface area (Å²) in [6.07, 6.45) is 13.9. The average Bonchev–Trinajstić information content (AvgIpc) is 2.48. The average molecular weight is 336 g/mol. The predicted octanol–water partition coefficient (Wildman–Crippen LogP) is 4.72. The molecule has 0 saturated heterocycles. The van der Waals surface area contributed by atoms with Gasteiger partial charge in [0.25, 0.3) is 0 Å². The van der Waals surface area contributed by atoms with Crippen LogP contribution in [-0.4, -0.2) is 16.6 Å². The first-order valence-electron chi connectivity index (χ1n) is 7.05. The van der Waals surface area contributed by atoms with Gasteiger partial charge in [-0.25, -0.2) is 0 Å². The van der Waals surface area contributed by atoms with E-state index in [0.29, 0.717) is 0 Å². The van der Waals surface area contributed by atoms with Gasteiger partial charge in [0.05, 0.1) is 5.60 Å². The summed E-state index contributed by atoms with van der Waals surface area (Å²) >= 11 is 2.53. The van der Waals surface area contributed by atoms with Crippen LogP contribution in [0.15, 0.2) is 0 Å². The van der Waals surface area contributed by atoms with E-state index < -0.39 is 0 Å². The van der Waals surface area contributed by atoms with E-state index in [4.69, 9.17) is 4.74 Å². The molecule has 2 rings (SSSR count). The molecule has 0 atom stereocenters. The van der Waals surface area contributed by atoms with Crippen LogP contribution in [0, 0.1) is 5.92 Å². The molecule has 0 spiro atoms. The van der Waals surface area contributed by atoms with Gasteiger partial charge in [0.2, 0.25) is 0 Å². The van der Waals surface area contributed by atoms with Crippen LogP contribution in [0.3, 0.4) is 0 Å². The lowest BCUT2D eigenvalue weighted by atomic mass is 9.83. The van der Waals surface area contributed by atoms with Crippen molar-refractivity contribution in [3.05, 3.63) is 0 Å². The molecule has 0 unspecified atom stereocenters. The molecule has 0 aromatic heterocycles. The maximum atomic E-state index is 6.30. The molecule has 0 aromatic rings. The summed E-state index contributed by atoms with van der Waals surface area (Å²) in [5, 5.41) is 0. The van der Waals surface area contributed by atoms with E-state index in [1.807, 2.05) is 0 Å². The van der Waals surface area contributed by atoms with E-state index in [0.717, 1.165) is 12.5 Å². The van der Waals surface area contributed by atoms with Crippen molar-refractivity contribution < 1.29 is 4.74 Å². The van der Waals surface area contributed by atoms with Crippen LogP contribution in [0.4, 0.5) is 0 Å². The molecule has 0 aromatic carbocycles. The molecule has 0 amide bonds. The Morgan fingerprint density at radius 1 is 1.00 bits per heavy atom. The second-order valence-corrected chi connectivity index (χ2v) is 6.43. The normalized spacial score (nSPS) is 26.1. The fourth-order valence-corrected chi connectivity index (χ4v) is 3.90. The van der Waals surface area contributed by atoms with E-state index in [-0.39, 0.29) is 5.60 Å². The van der Waals surface area contributed by atoms with Crippen LogP contribution in [0.25, 0.3) is 0 Å². The predicted molar refractivity (Wildman–Crippen MR) is 77.2 cm³/mol. The van der Waals surface area contributed by atoms with Crippen LogP contribution in [0.2, 0.25) is 0 Å². The first-order valence-corrected chi connectivity index (χ1v) is 8.57. The van der Waals surface area contributed by atoms with Gasteiger partial charge >= 0.3 is 0 Å². The summed E-state index contributed by atoms with van der Waals surface area (Å²) in [5.74, 6) is 0.997. The molecule has 0 N–H and O–H groups in total. The zero-order chi connectivity index (χ0) is 11.3. The zero-order valence-corrected chi connectivity index (χ0v) is 12.5. The highest BCUT2D eigenvalue weighted by atomic mass is 127. The van der Waals surface area contributed by atoms with Crippen LogP contribution in [0.1, 0.15) is 64.2 Å². The molecule has 0 bridgehead atoms. The maximum absolute atomic E-state index is 6.30. The number of hydrogen-bond donors (Lipinski definition) is 0. The van der Waals surface area contributed by atoms with Crippen molar-refractivity contribution in [1.29, 1.82) is 0 Å². The van der Waals surface area contributed by atoms with Crippen LogP contribution in [0.5, 0.6) is 0 Å². The molecule has 2 heteroatoms. The quantitative estimate of drug-likeness (QED) is 0.401. The SMILES string of the molecule is ICC1(OCCC2CCC2)CCCCCC1. The maximum Gasteiger partial charge on any atom is 0.0771 e. The Balaban J connectivity index is 1.73. The van der Waals surface area contributed by atoms with Crippen LogP contribution < -0.4 is 0 Å². The smallest absolute Gasteiger partial charge is 0.0771 e. The Morgan fingerprint density at radius 3 is 2.19 bits per heavy atom. The van der Waals surface area contributed by atoms with Crippen molar-refractivity contribution in [3.8, 4) is 0 Å². The van der Waals surface area contributed by atoms with E-state index in [2.05, 4.69) is 22.6 Å². The molecule has 0 radical (unpaired) electrons. The Kier molecular flexibility index (Phi) is 5.40. The minimum absolute atomic E-state index is 0.251. The second kappa shape index (κ2) is 6.58. The van der Waals surface area contributed by atoms with Gasteiger partial charge in [-0.2, -0.15) is 0 Å². The van der Waals surface area contributed by atoms with E-state index in [1.165, 1.54) is 68.6 Å². The second-order valence-electron chi connectivity index (χ2n) is 5.66. The molecule has 2 saturated carbocycles. The largest absolute Gasteiger partial charge is 0.374 e. The highest BCUT2D eigenvalue weighted by Gasteiger charge is 2.31. The highest BCUT2D eigenvalue weighted by molar-refractivity contribution is 14.1. The van der Waals surface area contributed by atoms with Gasteiger partial charge in [-0.15, -0.1) is 0 Å². The van der Waals surface area contributed by atoms with Crippen molar-refractivity contribution in [2.75, 3.05) is 11.0 Å². The standard InChI is InChI=1S/C14H25IO/c15-12-14(9-3-1-2-4-10-14)16-11-8-13-6-5-7-13/h13H,1-12H2. The highest BCUT2D eigenvalue weighted by Crippen LogP contribution is 2.34. The van der Waals surface area contributed by atoms with Crippen molar-refractivity contribution in [1.82, 2.24) is 0 Å². The molecule has 2 aliphatic rings. The summed E-state index contributed by atoms with van der Waals surface area (Å²) in [4.78, 5) is 0. The monoisotopic (exact) mass is 336 g/mol. The Labute approximate surface area is 114 Å². The van der Waals surface area contributed by atoms with Crippen molar-refractivity contribution in [2.24, 2.45) is 5.92 Å². The summed E-state index contributed by atoms with van der Waals surface area (Å²) < 4.78 is 7.49. The van der Waals surface area contributed by atoms with Gasteiger partial charge in [-0.05, 0) is 25.2 Å². The van der Waals surface area contributed by atoms with Crippen LogP contribution >= 0.6 is 22.6 Å². The van der Waals surface area contributed by atoms with Gasteiger partial charge in [0, 0.05) is 11.0 Å². The number of halogens is 1. The van der Waals surface area contributed by atoms with Gasteiger partial charge in [0.1, 0.15) is 0 Å². The molecule has 94 valence electrons. The molecule has 0 heterocycles. The fraction of sp³-hybridized carbons (Fsp3) is 1.00. The summed E-state index contributed by atoms with van der Waals surface area (Å²) in [7, 11) is 0.